The smallest absolute Gasteiger partial charge is 0.0537 e. The van der Waals surface area contributed by atoms with Crippen LogP contribution in [0, 0.1) is 0 Å². The van der Waals surface area contributed by atoms with Crippen molar-refractivity contribution in [1.29, 1.82) is 0 Å². The Morgan fingerprint density at radius 1 is 1.24 bits per heavy atom. The maximum absolute atomic E-state index is 4.39. The first kappa shape index (κ1) is 14.3. The van der Waals surface area contributed by atoms with Gasteiger partial charge in [0.25, 0.3) is 0 Å². The lowest BCUT2D eigenvalue weighted by Gasteiger charge is -2.38. The molecule has 0 aliphatic heterocycles. The number of aromatic nitrogens is 2. The zero-order valence-corrected chi connectivity index (χ0v) is 13.0. The Balaban J connectivity index is 2.05. The molecule has 1 aliphatic rings. The normalized spacial score (nSPS) is 18.8. The van der Waals surface area contributed by atoms with Crippen molar-refractivity contribution < 1.29 is 0 Å². The molecule has 112 valence electrons. The molecule has 1 N–H and O–H groups in total. The number of rotatable bonds is 5. The molecule has 0 saturated heterocycles. The predicted octanol–water partition coefficient (Wildman–Crippen LogP) is 3.58. The summed E-state index contributed by atoms with van der Waals surface area (Å²) in [5, 5.41) is 8.13. The zero-order chi connectivity index (χ0) is 14.7. The van der Waals surface area contributed by atoms with E-state index in [0.29, 0.717) is 6.04 Å². The number of likely N-dealkylation sites (N-methyl/N-ethyl adjacent to an activating group) is 1. The number of hydrogen-bond donors (Lipinski definition) is 1. The second-order valence-electron chi connectivity index (χ2n) is 6.17. The summed E-state index contributed by atoms with van der Waals surface area (Å²) in [4.78, 5) is 0. The molecule has 1 aliphatic carbocycles. The summed E-state index contributed by atoms with van der Waals surface area (Å²) in [7, 11) is 2.00. The second-order valence-corrected chi connectivity index (χ2v) is 6.17. The van der Waals surface area contributed by atoms with E-state index in [9.17, 15) is 0 Å². The number of nitrogens with one attached hydrogen (secondary N) is 1. The lowest BCUT2D eigenvalue weighted by molar-refractivity contribution is 0.304. The van der Waals surface area contributed by atoms with Gasteiger partial charge in [-0.2, -0.15) is 5.10 Å². The second kappa shape index (κ2) is 6.02. The van der Waals surface area contributed by atoms with Crippen LogP contribution in [0.2, 0.25) is 0 Å². The van der Waals surface area contributed by atoms with Gasteiger partial charge in [-0.15, -0.1) is 0 Å². The van der Waals surface area contributed by atoms with Crippen LogP contribution in [0.3, 0.4) is 0 Å². The van der Waals surface area contributed by atoms with Gasteiger partial charge in [-0.3, -0.25) is 4.68 Å². The van der Waals surface area contributed by atoms with Gasteiger partial charge < -0.3 is 5.32 Å². The highest BCUT2D eigenvalue weighted by atomic mass is 15.2. The number of aryl methyl sites for hydroxylation is 1. The van der Waals surface area contributed by atoms with Crippen molar-refractivity contribution >= 4 is 0 Å². The minimum absolute atomic E-state index is 0.209. The van der Waals surface area contributed by atoms with Crippen LogP contribution in [-0.4, -0.2) is 16.3 Å². The van der Waals surface area contributed by atoms with E-state index in [0.717, 1.165) is 6.54 Å². The lowest BCUT2D eigenvalue weighted by atomic mass is 9.71. The fraction of sp³-hybridized carbons (Fsp3) is 0.500. The maximum atomic E-state index is 4.39. The van der Waals surface area contributed by atoms with Gasteiger partial charge in [0.15, 0.2) is 0 Å². The van der Waals surface area contributed by atoms with Crippen molar-refractivity contribution in [2.24, 2.45) is 7.05 Å². The van der Waals surface area contributed by atoms with E-state index >= 15 is 0 Å². The fourth-order valence-corrected chi connectivity index (χ4v) is 3.95. The molecule has 1 unspecified atom stereocenters. The van der Waals surface area contributed by atoms with Crippen molar-refractivity contribution in [2.75, 3.05) is 6.54 Å². The molecule has 3 nitrogen and oxygen atoms in total. The first-order chi connectivity index (χ1) is 10.3. The molecule has 1 aromatic heterocycles. The third-order valence-corrected chi connectivity index (χ3v) is 4.86. The van der Waals surface area contributed by atoms with Crippen molar-refractivity contribution in [3.05, 3.63) is 53.9 Å². The third kappa shape index (κ3) is 2.62. The molecule has 1 heterocycles. The van der Waals surface area contributed by atoms with Gasteiger partial charge in [-0.1, -0.05) is 50.1 Å². The molecule has 0 spiro atoms. The first-order valence-electron chi connectivity index (χ1n) is 8.04. The molecule has 3 heteroatoms. The summed E-state index contributed by atoms with van der Waals surface area (Å²) in [6.45, 7) is 3.17. The third-order valence-electron chi connectivity index (χ3n) is 4.86. The topological polar surface area (TPSA) is 29.9 Å². The average molecular weight is 283 g/mol. The number of nitrogens with zero attached hydrogens (tertiary/aromatic N) is 2. The Labute approximate surface area is 127 Å². The highest BCUT2D eigenvalue weighted by Crippen LogP contribution is 2.49. The number of benzene rings is 1. The molecule has 0 bridgehead atoms. The molecule has 1 aromatic carbocycles. The number of hydrogen-bond acceptors (Lipinski definition) is 2. The van der Waals surface area contributed by atoms with Crippen molar-refractivity contribution in [3.63, 3.8) is 0 Å². The maximum Gasteiger partial charge on any atom is 0.0537 e. The van der Waals surface area contributed by atoms with Gasteiger partial charge in [0.1, 0.15) is 0 Å². The van der Waals surface area contributed by atoms with E-state index < -0.39 is 0 Å². The molecular formula is C18H25N3. The molecule has 0 radical (unpaired) electrons. The van der Waals surface area contributed by atoms with Crippen LogP contribution in [0.5, 0.6) is 0 Å². The van der Waals surface area contributed by atoms with E-state index in [4.69, 9.17) is 0 Å². The van der Waals surface area contributed by atoms with Crippen LogP contribution in [-0.2, 0) is 12.5 Å². The lowest BCUT2D eigenvalue weighted by Crippen LogP contribution is -2.39. The molecule has 1 fully saturated rings. The Hall–Kier alpha value is -1.61. The van der Waals surface area contributed by atoms with Crippen LogP contribution >= 0.6 is 0 Å². The summed E-state index contributed by atoms with van der Waals surface area (Å²) in [5.74, 6) is 0. The zero-order valence-electron chi connectivity index (χ0n) is 13.0. The van der Waals surface area contributed by atoms with Gasteiger partial charge in [0.05, 0.1) is 6.20 Å². The van der Waals surface area contributed by atoms with Crippen molar-refractivity contribution in [1.82, 2.24) is 15.1 Å². The SMILES string of the molecule is CCNC(c1cnn(C)c1)C1(c2ccccc2)CCCC1. The molecule has 1 atom stereocenters. The summed E-state index contributed by atoms with van der Waals surface area (Å²) < 4.78 is 1.91. The predicted molar refractivity (Wildman–Crippen MR) is 86.2 cm³/mol. The van der Waals surface area contributed by atoms with Crippen LogP contribution in [0.1, 0.15) is 49.8 Å². The van der Waals surface area contributed by atoms with E-state index in [1.165, 1.54) is 36.8 Å². The van der Waals surface area contributed by atoms with E-state index in [2.05, 4.69) is 53.9 Å². The summed E-state index contributed by atoms with van der Waals surface area (Å²) in [5.41, 5.74) is 2.99. The minimum Gasteiger partial charge on any atom is -0.309 e. The monoisotopic (exact) mass is 283 g/mol. The molecular weight excluding hydrogens is 258 g/mol. The Morgan fingerprint density at radius 2 is 1.95 bits per heavy atom. The van der Waals surface area contributed by atoms with Gasteiger partial charge in [-0.25, -0.2) is 0 Å². The summed E-state index contributed by atoms with van der Waals surface area (Å²) in [6.07, 6.45) is 9.33. The molecule has 2 aromatic rings. The average Bonchev–Trinajstić information content (AvgIpc) is 3.16. The van der Waals surface area contributed by atoms with Crippen LogP contribution < -0.4 is 5.32 Å². The van der Waals surface area contributed by atoms with E-state index in [-0.39, 0.29) is 5.41 Å². The van der Waals surface area contributed by atoms with Crippen molar-refractivity contribution in [2.45, 2.75) is 44.1 Å². The first-order valence-corrected chi connectivity index (χ1v) is 8.04. The Bertz CT molecular complexity index is 567. The molecule has 3 rings (SSSR count). The van der Waals surface area contributed by atoms with Crippen LogP contribution in [0.4, 0.5) is 0 Å². The van der Waals surface area contributed by atoms with Gasteiger partial charge in [0.2, 0.25) is 0 Å². The summed E-state index contributed by atoms with van der Waals surface area (Å²) in [6, 6.07) is 11.4. The Kier molecular flexibility index (Phi) is 4.11. The quantitative estimate of drug-likeness (QED) is 0.909. The summed E-state index contributed by atoms with van der Waals surface area (Å²) >= 11 is 0. The van der Waals surface area contributed by atoms with E-state index in [1.54, 1.807) is 0 Å². The van der Waals surface area contributed by atoms with Gasteiger partial charge in [0, 0.05) is 30.3 Å². The molecule has 0 amide bonds. The molecule has 21 heavy (non-hydrogen) atoms. The minimum atomic E-state index is 0.209. The van der Waals surface area contributed by atoms with Crippen LogP contribution in [0.15, 0.2) is 42.7 Å². The fourth-order valence-electron chi connectivity index (χ4n) is 3.95. The van der Waals surface area contributed by atoms with Crippen molar-refractivity contribution in [3.8, 4) is 0 Å². The molecule has 1 saturated carbocycles. The highest BCUT2D eigenvalue weighted by Gasteiger charge is 2.43. The Morgan fingerprint density at radius 3 is 2.52 bits per heavy atom. The largest absolute Gasteiger partial charge is 0.309 e. The highest BCUT2D eigenvalue weighted by molar-refractivity contribution is 5.33. The van der Waals surface area contributed by atoms with Gasteiger partial charge in [-0.05, 0) is 24.9 Å². The van der Waals surface area contributed by atoms with Crippen LogP contribution in [0.25, 0.3) is 0 Å². The standard InChI is InChI=1S/C18H25N3/c1-3-19-17(15-13-20-21(2)14-15)18(11-7-8-12-18)16-9-5-4-6-10-16/h4-6,9-10,13-14,17,19H,3,7-8,11-12H2,1-2H3. The van der Waals surface area contributed by atoms with E-state index in [1.807, 2.05) is 17.9 Å². The van der Waals surface area contributed by atoms with Gasteiger partial charge >= 0.3 is 0 Å².